The normalized spacial score (nSPS) is 12.8. The number of aromatic nitrogens is 2. The van der Waals surface area contributed by atoms with Crippen LogP contribution in [0.5, 0.6) is 17.2 Å². The highest BCUT2D eigenvalue weighted by atomic mass is 16.5. The van der Waals surface area contributed by atoms with Crippen LogP contribution in [-0.4, -0.2) is 41.0 Å². The number of nitrogens with zero attached hydrogens (tertiary/aromatic N) is 3. The fraction of sp³-hybridized carbons (Fsp3) is 0.167. The molecule has 7 nitrogen and oxygen atoms in total. The second-order valence-electron chi connectivity index (χ2n) is 8.57. The summed E-state index contributed by atoms with van der Waals surface area (Å²) < 4.78 is 11.5. The summed E-state index contributed by atoms with van der Waals surface area (Å²) in [6, 6.07) is 21.0. The van der Waals surface area contributed by atoms with Crippen molar-refractivity contribution in [1.82, 2.24) is 14.9 Å². The van der Waals surface area contributed by atoms with Crippen LogP contribution in [0.25, 0.3) is 10.9 Å². The molecule has 3 aromatic carbocycles. The highest BCUT2D eigenvalue weighted by Gasteiger charge is 2.13. The van der Waals surface area contributed by atoms with Gasteiger partial charge in [-0.2, -0.15) is 0 Å². The molecule has 7 heteroatoms. The summed E-state index contributed by atoms with van der Waals surface area (Å²) in [5, 5.41) is 4.22. The van der Waals surface area contributed by atoms with Crippen molar-refractivity contribution in [3.05, 3.63) is 90.3 Å². The first-order chi connectivity index (χ1) is 18.1. The molecule has 0 fully saturated rings. The van der Waals surface area contributed by atoms with Crippen LogP contribution in [0.3, 0.4) is 0 Å². The van der Waals surface area contributed by atoms with Gasteiger partial charge in [0.05, 0.1) is 19.2 Å². The van der Waals surface area contributed by atoms with Gasteiger partial charge in [-0.25, -0.2) is 9.97 Å². The first-order valence-corrected chi connectivity index (χ1v) is 12.0. The van der Waals surface area contributed by atoms with Gasteiger partial charge in [0.1, 0.15) is 17.9 Å². The Morgan fingerprint density at radius 2 is 1.86 bits per heavy atom. The Hall–Kier alpha value is -4.83. The van der Waals surface area contributed by atoms with E-state index < -0.39 is 0 Å². The number of carbonyl (C=O) groups excluding carboxylic acids is 1. The van der Waals surface area contributed by atoms with Gasteiger partial charge in [-0.15, -0.1) is 0 Å². The van der Waals surface area contributed by atoms with E-state index in [1.54, 1.807) is 14.0 Å². The van der Waals surface area contributed by atoms with E-state index in [1.807, 2.05) is 71.6 Å². The molecule has 0 aliphatic carbocycles. The molecular formula is C30H26N4O3. The number of hydrogen-bond acceptors (Lipinski definition) is 6. The van der Waals surface area contributed by atoms with Gasteiger partial charge >= 0.3 is 0 Å². The smallest absolute Gasteiger partial charge is 0.219 e. The zero-order valence-corrected chi connectivity index (χ0v) is 20.7. The molecule has 0 radical (unpaired) electrons. The van der Waals surface area contributed by atoms with Crippen molar-refractivity contribution < 1.29 is 14.3 Å². The molecule has 37 heavy (non-hydrogen) atoms. The first-order valence-electron chi connectivity index (χ1n) is 12.0. The quantitative estimate of drug-likeness (QED) is 0.362. The van der Waals surface area contributed by atoms with Crippen molar-refractivity contribution in [2.45, 2.75) is 13.3 Å². The van der Waals surface area contributed by atoms with Crippen molar-refractivity contribution in [2.24, 2.45) is 0 Å². The minimum Gasteiger partial charge on any atom is -0.493 e. The number of hydrogen-bond donors (Lipinski definition) is 1. The van der Waals surface area contributed by atoms with Crippen LogP contribution in [0.2, 0.25) is 0 Å². The lowest BCUT2D eigenvalue weighted by atomic mass is 10.1. The molecule has 0 saturated heterocycles. The van der Waals surface area contributed by atoms with Gasteiger partial charge in [-0.3, -0.25) is 4.79 Å². The van der Waals surface area contributed by atoms with Gasteiger partial charge in [0, 0.05) is 41.7 Å². The Labute approximate surface area is 215 Å². The topological polar surface area (TPSA) is 76.6 Å². The Bertz CT molecular complexity index is 1540. The lowest BCUT2D eigenvalue weighted by Crippen LogP contribution is -2.33. The number of nitrogens with one attached hydrogen (secondary N) is 1. The van der Waals surface area contributed by atoms with E-state index >= 15 is 0 Å². The van der Waals surface area contributed by atoms with Gasteiger partial charge < -0.3 is 19.7 Å². The molecule has 0 unspecified atom stereocenters. The molecule has 1 N–H and O–H groups in total. The van der Waals surface area contributed by atoms with Gasteiger partial charge in [0.15, 0.2) is 11.5 Å². The fourth-order valence-corrected chi connectivity index (χ4v) is 4.07. The molecule has 1 amide bonds. The number of rotatable bonds is 5. The number of carbonyl (C=O) groups is 1. The summed E-state index contributed by atoms with van der Waals surface area (Å²) in [6.07, 6.45) is 4.45. The third kappa shape index (κ3) is 5.71. The summed E-state index contributed by atoms with van der Waals surface area (Å²) in [6.45, 7) is 2.89. The maximum Gasteiger partial charge on any atom is 0.219 e. The molecule has 0 bridgehead atoms. The van der Waals surface area contributed by atoms with Gasteiger partial charge in [0.25, 0.3) is 0 Å². The van der Waals surface area contributed by atoms with Crippen LogP contribution in [0.15, 0.2) is 84.7 Å². The average Bonchev–Trinajstić information content (AvgIpc) is 2.93. The van der Waals surface area contributed by atoms with Crippen molar-refractivity contribution in [3.8, 4) is 29.1 Å². The number of anilines is 2. The van der Waals surface area contributed by atoms with E-state index in [-0.39, 0.29) is 5.91 Å². The zero-order chi connectivity index (χ0) is 25.6. The molecule has 4 aromatic rings. The fourth-order valence-electron chi connectivity index (χ4n) is 4.07. The maximum absolute atomic E-state index is 11.7. The van der Waals surface area contributed by atoms with Crippen molar-refractivity contribution in [2.75, 3.05) is 25.5 Å². The monoisotopic (exact) mass is 490 g/mol. The van der Waals surface area contributed by atoms with Crippen LogP contribution in [0.1, 0.15) is 18.9 Å². The van der Waals surface area contributed by atoms with Gasteiger partial charge in [-0.05, 0) is 48.9 Å². The third-order valence-electron chi connectivity index (χ3n) is 6.00. The van der Waals surface area contributed by atoms with E-state index in [2.05, 4.69) is 33.2 Å². The van der Waals surface area contributed by atoms with Crippen LogP contribution in [0.4, 0.5) is 11.5 Å². The first kappa shape index (κ1) is 23.9. The summed E-state index contributed by atoms with van der Waals surface area (Å²) in [7, 11) is 1.61. The summed E-state index contributed by atoms with van der Waals surface area (Å²) in [5.74, 6) is 9.13. The van der Waals surface area contributed by atoms with Crippen LogP contribution >= 0.6 is 0 Å². The highest BCUT2D eigenvalue weighted by Crippen LogP contribution is 2.35. The molecule has 0 saturated carbocycles. The Morgan fingerprint density at radius 3 is 2.68 bits per heavy atom. The lowest BCUT2D eigenvalue weighted by Gasteiger charge is -2.23. The molecule has 1 aliphatic rings. The second-order valence-corrected chi connectivity index (χ2v) is 8.57. The average molecular weight is 491 g/mol. The zero-order valence-electron chi connectivity index (χ0n) is 20.7. The molecule has 0 spiro atoms. The summed E-state index contributed by atoms with van der Waals surface area (Å²) in [4.78, 5) is 22.4. The molecule has 5 rings (SSSR count). The molecule has 1 aromatic heterocycles. The van der Waals surface area contributed by atoms with E-state index in [0.717, 1.165) is 46.4 Å². The Kier molecular flexibility index (Phi) is 7.00. The predicted molar refractivity (Wildman–Crippen MR) is 144 cm³/mol. The molecule has 0 atom stereocenters. The summed E-state index contributed by atoms with van der Waals surface area (Å²) in [5.41, 5.74) is 3.40. The number of para-hydroxylation sites is 1. The van der Waals surface area contributed by atoms with Crippen LogP contribution in [-0.2, 0) is 4.79 Å². The largest absolute Gasteiger partial charge is 0.493 e. The SMILES string of the molecule is COc1cc(Nc2ncnc3ccc(C#CC4=CCCN(C(C)=O)C4)cc23)ccc1Oc1ccccc1. The number of ether oxygens (including phenoxy) is 2. The number of methoxy groups -OCH3 is 1. The Morgan fingerprint density at radius 1 is 1.00 bits per heavy atom. The minimum atomic E-state index is 0.0715. The van der Waals surface area contributed by atoms with Crippen molar-refractivity contribution >= 4 is 28.3 Å². The summed E-state index contributed by atoms with van der Waals surface area (Å²) >= 11 is 0. The van der Waals surface area contributed by atoms with E-state index in [1.165, 1.54) is 6.33 Å². The van der Waals surface area contributed by atoms with Crippen LogP contribution < -0.4 is 14.8 Å². The number of amides is 1. The van der Waals surface area contributed by atoms with Crippen molar-refractivity contribution in [1.29, 1.82) is 0 Å². The minimum absolute atomic E-state index is 0.0715. The molecule has 184 valence electrons. The number of fused-ring (bicyclic) bond motifs is 1. The number of benzene rings is 3. The lowest BCUT2D eigenvalue weighted by molar-refractivity contribution is -0.128. The van der Waals surface area contributed by atoms with Crippen LogP contribution in [0, 0.1) is 11.8 Å². The predicted octanol–water partition coefficient (Wildman–Crippen LogP) is 5.70. The third-order valence-corrected chi connectivity index (χ3v) is 6.00. The Balaban J connectivity index is 1.39. The standard InChI is InChI=1S/C30H26N4O3/c1-21(35)34-16-6-7-23(19-34)11-10-22-12-14-27-26(17-22)30(32-20-31-27)33-24-13-15-28(29(18-24)36-2)37-25-8-4-3-5-9-25/h3-5,7-9,12-15,17-18,20H,6,16,19H2,1-2H3,(H,31,32,33). The molecule has 1 aliphatic heterocycles. The maximum atomic E-state index is 11.7. The van der Waals surface area contributed by atoms with E-state index in [4.69, 9.17) is 9.47 Å². The molecule has 2 heterocycles. The highest BCUT2D eigenvalue weighted by molar-refractivity contribution is 5.91. The van der Waals surface area contributed by atoms with E-state index in [0.29, 0.717) is 23.9 Å². The van der Waals surface area contributed by atoms with Crippen molar-refractivity contribution in [3.63, 3.8) is 0 Å². The second kappa shape index (κ2) is 10.8. The van der Waals surface area contributed by atoms with E-state index in [9.17, 15) is 4.79 Å². The van der Waals surface area contributed by atoms with Gasteiger partial charge in [0.2, 0.25) is 5.91 Å². The van der Waals surface area contributed by atoms with Gasteiger partial charge in [-0.1, -0.05) is 36.1 Å². The molecular weight excluding hydrogens is 464 g/mol.